The van der Waals surface area contributed by atoms with E-state index in [-0.39, 0.29) is 5.75 Å². The quantitative estimate of drug-likeness (QED) is 0.685. The second kappa shape index (κ2) is 4.77. The lowest BCUT2D eigenvalue weighted by molar-refractivity contribution is 0.594. The first-order valence-corrected chi connectivity index (χ1v) is 6.55. The van der Waals surface area contributed by atoms with Gasteiger partial charge in [0.1, 0.15) is 9.84 Å². The molecule has 0 amide bonds. The fourth-order valence-corrected chi connectivity index (χ4v) is 2.18. The van der Waals surface area contributed by atoms with E-state index in [4.69, 9.17) is 0 Å². The van der Waals surface area contributed by atoms with Crippen molar-refractivity contribution in [1.29, 1.82) is 0 Å². The van der Waals surface area contributed by atoms with Gasteiger partial charge in [-0.15, -0.1) is 0 Å². The monoisotopic (exact) mass is 203 g/mol. The van der Waals surface area contributed by atoms with Crippen LogP contribution in [-0.4, -0.2) is 33.0 Å². The smallest absolute Gasteiger partial charge is 0.150 e. The number of rotatable bonds is 4. The average molecular weight is 203 g/mol. The molecule has 0 aliphatic carbocycles. The summed E-state index contributed by atoms with van der Waals surface area (Å²) in [6.45, 7) is 3.58. The van der Waals surface area contributed by atoms with Gasteiger partial charge in [-0.2, -0.15) is 0 Å². The molecule has 4 heteroatoms. The molecule has 1 aliphatic heterocycles. The summed E-state index contributed by atoms with van der Waals surface area (Å²) in [4.78, 5) is 0. The summed E-state index contributed by atoms with van der Waals surface area (Å²) in [5.74, 6) is 0.560. The molecule has 0 spiro atoms. The van der Waals surface area contributed by atoms with E-state index in [0.29, 0.717) is 12.2 Å². The molecule has 0 bridgehead atoms. The maximum atomic E-state index is 11.2. The van der Waals surface area contributed by atoms with Crippen LogP contribution in [0.5, 0.6) is 0 Å². The molecule has 1 aliphatic rings. The van der Waals surface area contributed by atoms with Crippen LogP contribution in [0.2, 0.25) is 0 Å². The van der Waals surface area contributed by atoms with Crippen molar-refractivity contribution in [3.63, 3.8) is 0 Å². The Morgan fingerprint density at radius 1 is 1.54 bits per heavy atom. The third-order valence-electron chi connectivity index (χ3n) is 2.28. The summed E-state index contributed by atoms with van der Waals surface area (Å²) >= 11 is 0. The Morgan fingerprint density at radius 3 is 2.85 bits per heavy atom. The fourth-order valence-electron chi connectivity index (χ4n) is 1.32. The van der Waals surface area contributed by atoms with Gasteiger partial charge in [0.2, 0.25) is 0 Å². The van der Waals surface area contributed by atoms with E-state index in [1.165, 1.54) is 5.57 Å². The second-order valence-electron chi connectivity index (χ2n) is 3.31. The maximum absolute atomic E-state index is 11.2. The molecule has 0 saturated carbocycles. The lowest BCUT2D eigenvalue weighted by atomic mass is 10.1. The van der Waals surface area contributed by atoms with Crippen molar-refractivity contribution in [3.05, 3.63) is 11.6 Å². The normalized spacial score (nSPS) is 18.4. The van der Waals surface area contributed by atoms with Gasteiger partial charge in [0.05, 0.1) is 5.75 Å². The molecule has 3 nitrogen and oxygen atoms in total. The molecule has 0 saturated heterocycles. The minimum absolute atomic E-state index is 0.258. The van der Waals surface area contributed by atoms with Crippen LogP contribution in [0.3, 0.4) is 0 Å². The van der Waals surface area contributed by atoms with E-state index in [1.54, 1.807) is 6.92 Å². The Morgan fingerprint density at radius 2 is 2.31 bits per heavy atom. The highest BCUT2D eigenvalue weighted by atomic mass is 32.2. The Labute approximate surface area is 80.1 Å². The summed E-state index contributed by atoms with van der Waals surface area (Å²) in [5, 5.41) is 3.23. The van der Waals surface area contributed by atoms with Crippen LogP contribution in [0.1, 0.15) is 19.8 Å². The number of hydrogen-bond acceptors (Lipinski definition) is 3. The Kier molecular flexibility index (Phi) is 3.93. The Hall–Kier alpha value is -0.350. The average Bonchev–Trinajstić information content (AvgIpc) is 2.17. The van der Waals surface area contributed by atoms with Crippen LogP contribution in [0.4, 0.5) is 0 Å². The first-order valence-electron chi connectivity index (χ1n) is 4.73. The van der Waals surface area contributed by atoms with E-state index in [9.17, 15) is 8.42 Å². The van der Waals surface area contributed by atoms with Crippen LogP contribution in [0, 0.1) is 0 Å². The van der Waals surface area contributed by atoms with Gasteiger partial charge in [-0.25, -0.2) is 8.42 Å². The van der Waals surface area contributed by atoms with Crippen molar-refractivity contribution in [2.45, 2.75) is 19.8 Å². The van der Waals surface area contributed by atoms with Crippen molar-refractivity contribution >= 4 is 9.84 Å². The maximum Gasteiger partial charge on any atom is 0.150 e. The molecule has 0 aromatic heterocycles. The molecular weight excluding hydrogens is 186 g/mol. The van der Waals surface area contributed by atoms with Crippen LogP contribution >= 0.6 is 0 Å². The standard InChI is InChI=1S/C9H17NO2S/c1-2-13(11,12)7-5-9-4-3-6-10-8-9/h4,10H,2-3,5-8H2,1H3. The predicted molar refractivity (Wildman–Crippen MR) is 54.5 cm³/mol. The van der Waals surface area contributed by atoms with E-state index in [1.807, 2.05) is 0 Å². The molecule has 0 aromatic rings. The van der Waals surface area contributed by atoms with Gasteiger partial charge in [0, 0.05) is 12.3 Å². The molecule has 0 radical (unpaired) electrons. The predicted octanol–water partition coefficient (Wildman–Crippen LogP) is 0.731. The first kappa shape index (κ1) is 10.7. The van der Waals surface area contributed by atoms with Gasteiger partial charge >= 0.3 is 0 Å². The van der Waals surface area contributed by atoms with Crippen molar-refractivity contribution in [1.82, 2.24) is 5.32 Å². The van der Waals surface area contributed by atoms with Crippen LogP contribution < -0.4 is 5.32 Å². The number of hydrogen-bond donors (Lipinski definition) is 1. The SMILES string of the molecule is CCS(=O)(=O)CCC1=CCCNC1. The molecule has 13 heavy (non-hydrogen) atoms. The topological polar surface area (TPSA) is 46.2 Å². The summed E-state index contributed by atoms with van der Waals surface area (Å²) < 4.78 is 22.4. The summed E-state index contributed by atoms with van der Waals surface area (Å²) in [6, 6.07) is 0. The molecular formula is C9H17NO2S. The van der Waals surface area contributed by atoms with Crippen LogP contribution in [-0.2, 0) is 9.84 Å². The number of sulfone groups is 1. The highest BCUT2D eigenvalue weighted by Gasteiger charge is 2.09. The van der Waals surface area contributed by atoms with Crippen LogP contribution in [0.25, 0.3) is 0 Å². The van der Waals surface area contributed by atoms with Gasteiger partial charge in [0.25, 0.3) is 0 Å². The largest absolute Gasteiger partial charge is 0.313 e. The lowest BCUT2D eigenvalue weighted by Crippen LogP contribution is -2.23. The fraction of sp³-hybridized carbons (Fsp3) is 0.778. The van der Waals surface area contributed by atoms with Gasteiger partial charge in [-0.3, -0.25) is 0 Å². The summed E-state index contributed by atoms with van der Waals surface area (Å²) in [7, 11) is -2.79. The van der Waals surface area contributed by atoms with Crippen molar-refractivity contribution in [2.75, 3.05) is 24.6 Å². The molecule has 1 rings (SSSR count). The zero-order valence-corrected chi connectivity index (χ0v) is 8.86. The van der Waals surface area contributed by atoms with Gasteiger partial charge < -0.3 is 5.32 Å². The molecule has 0 fully saturated rings. The molecule has 0 aromatic carbocycles. The Bertz CT molecular complexity index is 280. The zero-order valence-electron chi connectivity index (χ0n) is 8.04. The van der Waals surface area contributed by atoms with Gasteiger partial charge in [0.15, 0.2) is 0 Å². The molecule has 76 valence electrons. The molecule has 1 heterocycles. The molecule has 0 unspecified atom stereocenters. The summed E-state index contributed by atoms with van der Waals surface area (Å²) in [5.41, 5.74) is 1.24. The number of nitrogens with one attached hydrogen (secondary N) is 1. The highest BCUT2D eigenvalue weighted by molar-refractivity contribution is 7.91. The van der Waals surface area contributed by atoms with E-state index in [2.05, 4.69) is 11.4 Å². The summed E-state index contributed by atoms with van der Waals surface area (Å²) in [6.07, 6.45) is 3.88. The van der Waals surface area contributed by atoms with E-state index < -0.39 is 9.84 Å². The van der Waals surface area contributed by atoms with Crippen molar-refractivity contribution in [3.8, 4) is 0 Å². The van der Waals surface area contributed by atoms with Crippen molar-refractivity contribution < 1.29 is 8.42 Å². The first-order chi connectivity index (χ1) is 6.14. The highest BCUT2D eigenvalue weighted by Crippen LogP contribution is 2.07. The third-order valence-corrected chi connectivity index (χ3v) is 3.99. The van der Waals surface area contributed by atoms with Crippen molar-refractivity contribution in [2.24, 2.45) is 0 Å². The van der Waals surface area contributed by atoms with Crippen LogP contribution in [0.15, 0.2) is 11.6 Å². The van der Waals surface area contributed by atoms with Gasteiger partial charge in [-0.05, 0) is 19.4 Å². The van der Waals surface area contributed by atoms with Gasteiger partial charge in [-0.1, -0.05) is 18.6 Å². The third kappa shape index (κ3) is 3.91. The second-order valence-corrected chi connectivity index (χ2v) is 5.79. The molecule has 0 atom stereocenters. The lowest BCUT2D eigenvalue weighted by Gasteiger charge is -2.13. The van der Waals surface area contributed by atoms with E-state index in [0.717, 1.165) is 19.5 Å². The minimum Gasteiger partial charge on any atom is -0.313 e. The van der Waals surface area contributed by atoms with E-state index >= 15 is 0 Å². The zero-order chi connectivity index (χ0) is 9.73. The minimum atomic E-state index is -2.79. The molecule has 1 N–H and O–H groups in total. The Balaban J connectivity index is 2.38.